The van der Waals surface area contributed by atoms with Gasteiger partial charge in [-0.25, -0.2) is 9.97 Å². The number of benzene rings is 2. The summed E-state index contributed by atoms with van der Waals surface area (Å²) in [5, 5.41) is 7.80. The molecular weight excluding hydrogens is 543 g/mol. The topological polar surface area (TPSA) is 76.4 Å². The molecule has 10 heteroatoms. The van der Waals surface area contributed by atoms with Gasteiger partial charge in [0.1, 0.15) is 12.4 Å². The van der Waals surface area contributed by atoms with Gasteiger partial charge in [-0.15, -0.1) is 9.24 Å². The van der Waals surface area contributed by atoms with E-state index in [0.717, 1.165) is 49.6 Å². The number of aryl methyl sites for hydroxylation is 2. The Kier molecular flexibility index (Phi) is 7.83. The third-order valence-corrected chi connectivity index (χ3v) is 8.31. The van der Waals surface area contributed by atoms with Crippen LogP contribution in [0.4, 0.5) is 5.82 Å². The summed E-state index contributed by atoms with van der Waals surface area (Å²) in [5.74, 6) is 7.12. The number of fused-ring (bicyclic) bond motifs is 2. The average molecular weight is 575 g/mol. The number of anilines is 1. The summed E-state index contributed by atoms with van der Waals surface area (Å²) in [7, 11) is 6.40. The number of carbonyl (C=O) groups excluding carboxylic acids is 1. The molecule has 0 spiro atoms. The van der Waals surface area contributed by atoms with Crippen LogP contribution in [0.5, 0.6) is 0 Å². The van der Waals surface area contributed by atoms with Crippen LogP contribution in [0.2, 0.25) is 5.02 Å². The number of aromatic nitrogens is 4. The number of nitrogens with zero attached hydrogens (tertiary/aromatic N) is 6. The fourth-order valence-electron chi connectivity index (χ4n) is 5.49. The van der Waals surface area contributed by atoms with Gasteiger partial charge < -0.3 is 14.5 Å². The van der Waals surface area contributed by atoms with E-state index in [0.29, 0.717) is 23.9 Å². The number of rotatable bonds is 4. The Morgan fingerprint density at radius 2 is 2.02 bits per heavy atom. The van der Waals surface area contributed by atoms with E-state index >= 15 is 0 Å². The lowest BCUT2D eigenvalue weighted by Crippen LogP contribution is -2.58. The zero-order valence-electron chi connectivity index (χ0n) is 23.3. The Balaban J connectivity index is 1.75. The highest BCUT2D eigenvalue weighted by atomic mass is 35.5. The number of hydrogen-bond donors (Lipinski definition) is 0. The second-order valence-electron chi connectivity index (χ2n) is 10.2. The first kappa shape index (κ1) is 28.0. The van der Waals surface area contributed by atoms with Crippen LogP contribution >= 0.6 is 20.8 Å². The van der Waals surface area contributed by atoms with Crippen molar-refractivity contribution in [3.8, 4) is 23.0 Å². The maximum absolute atomic E-state index is 12.5. The Hall–Kier alpha value is -3.50. The van der Waals surface area contributed by atoms with E-state index in [-0.39, 0.29) is 24.6 Å². The molecule has 5 rings (SSSR count). The number of piperazine rings is 1. The number of hydrogen-bond acceptors (Lipinski definition) is 6. The maximum atomic E-state index is 12.5. The molecule has 0 N–H and O–H groups in total. The minimum atomic E-state index is -0.0719. The zero-order valence-corrected chi connectivity index (χ0v) is 25.2. The van der Waals surface area contributed by atoms with Gasteiger partial charge in [-0.05, 0) is 44.4 Å². The second-order valence-corrected chi connectivity index (χ2v) is 11.1. The number of ether oxygens (including phenoxy) is 1. The predicted octanol–water partition coefficient (Wildman–Crippen LogP) is 4.26. The lowest BCUT2D eigenvalue weighted by molar-refractivity contribution is -0.128. The highest BCUT2D eigenvalue weighted by Crippen LogP contribution is 2.40. The molecule has 40 heavy (non-hydrogen) atoms. The van der Waals surface area contributed by atoms with E-state index in [2.05, 4.69) is 63.6 Å². The van der Waals surface area contributed by atoms with Crippen molar-refractivity contribution in [2.45, 2.75) is 32.9 Å². The van der Waals surface area contributed by atoms with Gasteiger partial charge >= 0.3 is 0 Å². The van der Waals surface area contributed by atoms with Crippen LogP contribution in [0, 0.1) is 18.8 Å². The lowest BCUT2D eigenvalue weighted by atomic mass is 9.96. The van der Waals surface area contributed by atoms with Gasteiger partial charge in [0.05, 0.1) is 17.2 Å². The normalized spacial score (nSPS) is 17.3. The molecule has 1 unspecified atom stereocenters. The summed E-state index contributed by atoms with van der Waals surface area (Å²) >= 11 is 7.11. The van der Waals surface area contributed by atoms with Crippen LogP contribution in [0.25, 0.3) is 32.9 Å². The first-order valence-corrected chi connectivity index (χ1v) is 14.0. The van der Waals surface area contributed by atoms with Crippen LogP contribution < -0.4 is 10.2 Å². The molecule has 1 fully saturated rings. The number of methoxy groups -OCH3 is 1. The Morgan fingerprint density at radius 1 is 1.25 bits per heavy atom. The Labute approximate surface area is 241 Å². The summed E-state index contributed by atoms with van der Waals surface area (Å²) in [6.45, 7) is 11.3. The fourth-order valence-corrected chi connectivity index (χ4v) is 6.40. The maximum Gasteiger partial charge on any atom is 0.246 e. The SMILES string of the molecule is C=CC(=O)N1C[C@H](C)N(c2nc(C#CCOC)nc3c(P)c(-c4c(C)ccc5cnn(C)c45)c(Cl)cc23)C[C@H]1C. The van der Waals surface area contributed by atoms with Crippen LogP contribution in [-0.4, -0.2) is 69.4 Å². The van der Waals surface area contributed by atoms with Gasteiger partial charge in [-0.1, -0.05) is 36.2 Å². The van der Waals surface area contributed by atoms with Crippen molar-refractivity contribution in [2.75, 3.05) is 31.7 Å². The summed E-state index contributed by atoms with van der Waals surface area (Å²) in [6, 6.07) is 6.07. The third-order valence-electron chi connectivity index (χ3n) is 7.45. The summed E-state index contributed by atoms with van der Waals surface area (Å²) in [5.41, 5.74) is 4.74. The molecule has 0 saturated carbocycles. The summed E-state index contributed by atoms with van der Waals surface area (Å²) in [4.78, 5) is 26.4. The van der Waals surface area contributed by atoms with Crippen LogP contribution in [0.3, 0.4) is 0 Å². The molecular formula is C30H32ClN6O2P. The van der Waals surface area contributed by atoms with Gasteiger partial charge in [0.25, 0.3) is 0 Å². The zero-order chi connectivity index (χ0) is 28.7. The van der Waals surface area contributed by atoms with Crippen molar-refractivity contribution in [3.63, 3.8) is 0 Å². The summed E-state index contributed by atoms with van der Waals surface area (Å²) < 4.78 is 7.01. The first-order chi connectivity index (χ1) is 19.2. The van der Waals surface area contributed by atoms with E-state index in [4.69, 9.17) is 26.3 Å². The molecule has 4 aromatic rings. The minimum absolute atomic E-state index is 0.00479. The van der Waals surface area contributed by atoms with Gasteiger partial charge in [0, 0.05) is 71.6 Å². The molecule has 1 saturated heterocycles. The predicted molar refractivity (Wildman–Crippen MR) is 165 cm³/mol. The van der Waals surface area contributed by atoms with E-state index in [9.17, 15) is 4.79 Å². The molecule has 1 aliphatic rings. The molecule has 2 aromatic heterocycles. The van der Waals surface area contributed by atoms with E-state index < -0.39 is 0 Å². The highest BCUT2D eigenvalue weighted by Gasteiger charge is 2.33. The number of halogens is 1. The Bertz CT molecular complexity index is 1720. The molecule has 1 aliphatic heterocycles. The molecule has 206 valence electrons. The Morgan fingerprint density at radius 3 is 2.75 bits per heavy atom. The van der Waals surface area contributed by atoms with Gasteiger partial charge in [-0.3, -0.25) is 9.48 Å². The molecule has 0 aliphatic carbocycles. The number of amides is 1. The van der Waals surface area contributed by atoms with Crippen molar-refractivity contribution in [3.05, 3.63) is 53.5 Å². The monoisotopic (exact) mass is 574 g/mol. The third kappa shape index (κ3) is 4.83. The van der Waals surface area contributed by atoms with Crippen molar-refractivity contribution < 1.29 is 9.53 Å². The first-order valence-electron chi connectivity index (χ1n) is 13.0. The van der Waals surface area contributed by atoms with Crippen molar-refractivity contribution >= 4 is 59.7 Å². The van der Waals surface area contributed by atoms with Gasteiger partial charge in [0.15, 0.2) is 0 Å². The van der Waals surface area contributed by atoms with Crippen molar-refractivity contribution in [1.82, 2.24) is 24.6 Å². The molecule has 0 radical (unpaired) electrons. The standard InChI is InChI=1S/C30H32ClN6O2P/c1-7-24(38)36-15-19(4)37(16-18(36)3)30-21-13-22(31)26(25-17(2)10-11-20-14-32-35(5)28(20)25)29(40)27(21)33-23(34-30)9-8-12-39-6/h7,10-11,13-14,18-19H,1,12,15-16,40H2,2-6H3/t18-,19+/m1/s1. The average Bonchev–Trinajstić information content (AvgIpc) is 3.31. The molecule has 3 heterocycles. The van der Waals surface area contributed by atoms with Crippen LogP contribution in [0.1, 0.15) is 25.2 Å². The molecule has 3 atom stereocenters. The molecule has 1 amide bonds. The number of carbonyl (C=O) groups is 1. The molecule has 0 bridgehead atoms. The van der Waals surface area contributed by atoms with Crippen molar-refractivity contribution in [1.29, 1.82) is 0 Å². The van der Waals surface area contributed by atoms with Crippen LogP contribution in [-0.2, 0) is 16.6 Å². The fraction of sp³-hybridized carbons (Fsp3) is 0.333. The van der Waals surface area contributed by atoms with E-state index in [1.54, 1.807) is 7.11 Å². The van der Waals surface area contributed by atoms with Gasteiger partial charge in [0.2, 0.25) is 11.7 Å². The quantitative estimate of drug-likeness (QED) is 0.206. The highest BCUT2D eigenvalue weighted by molar-refractivity contribution is 7.29. The minimum Gasteiger partial charge on any atom is -0.372 e. The molecule has 2 aromatic carbocycles. The van der Waals surface area contributed by atoms with E-state index in [1.165, 1.54) is 6.08 Å². The largest absolute Gasteiger partial charge is 0.372 e. The molecule has 8 nitrogen and oxygen atoms in total. The second kappa shape index (κ2) is 11.2. The smallest absolute Gasteiger partial charge is 0.246 e. The summed E-state index contributed by atoms with van der Waals surface area (Å²) in [6.07, 6.45) is 3.23. The van der Waals surface area contributed by atoms with E-state index in [1.807, 2.05) is 35.8 Å². The van der Waals surface area contributed by atoms with Gasteiger partial charge in [-0.2, -0.15) is 5.10 Å². The lowest BCUT2D eigenvalue weighted by Gasteiger charge is -2.44. The van der Waals surface area contributed by atoms with Crippen LogP contribution in [0.15, 0.2) is 37.1 Å². The van der Waals surface area contributed by atoms with Crippen molar-refractivity contribution in [2.24, 2.45) is 7.05 Å².